The monoisotopic (exact) mass is 304 g/mol. The number of likely N-dealkylation sites (tertiary alicyclic amines) is 1. The Morgan fingerprint density at radius 3 is 2.55 bits per heavy atom. The molecule has 0 aromatic heterocycles. The maximum Gasteiger partial charge on any atom is 0.260 e. The van der Waals surface area contributed by atoms with E-state index in [9.17, 15) is 4.79 Å². The highest BCUT2D eigenvalue weighted by atomic mass is 16.5. The third-order valence-corrected chi connectivity index (χ3v) is 4.50. The highest BCUT2D eigenvalue weighted by Crippen LogP contribution is 2.24. The average Bonchev–Trinajstić information content (AvgIpc) is 2.46. The van der Waals surface area contributed by atoms with Crippen molar-refractivity contribution < 1.29 is 9.53 Å². The SMILES string of the molecule is Cc1cc(C)c(C)c(O[C@@H](C)C(=O)NC2CCN(C)CC2)c1. The number of nitrogens with one attached hydrogen (secondary N) is 1. The van der Waals surface area contributed by atoms with Gasteiger partial charge in [0.15, 0.2) is 6.10 Å². The van der Waals surface area contributed by atoms with Crippen LogP contribution in [0.25, 0.3) is 0 Å². The normalized spacial score (nSPS) is 18.0. The van der Waals surface area contributed by atoms with Crippen LogP contribution in [-0.2, 0) is 4.79 Å². The van der Waals surface area contributed by atoms with Crippen LogP contribution in [0.2, 0.25) is 0 Å². The van der Waals surface area contributed by atoms with E-state index in [0.29, 0.717) is 0 Å². The first kappa shape index (κ1) is 16.8. The van der Waals surface area contributed by atoms with Gasteiger partial charge in [0.1, 0.15) is 5.75 Å². The van der Waals surface area contributed by atoms with Crippen LogP contribution in [0, 0.1) is 20.8 Å². The van der Waals surface area contributed by atoms with Crippen molar-refractivity contribution in [3.8, 4) is 5.75 Å². The number of piperidine rings is 1. The zero-order chi connectivity index (χ0) is 16.3. The number of hydrogen-bond acceptors (Lipinski definition) is 3. The molecule has 0 spiro atoms. The molecule has 0 saturated carbocycles. The van der Waals surface area contributed by atoms with Gasteiger partial charge in [0, 0.05) is 6.04 Å². The summed E-state index contributed by atoms with van der Waals surface area (Å²) in [6.45, 7) is 10.0. The Bertz CT molecular complexity index is 534. The van der Waals surface area contributed by atoms with E-state index in [2.05, 4.69) is 30.3 Å². The molecule has 0 unspecified atom stereocenters. The molecule has 1 aromatic carbocycles. The molecule has 1 atom stereocenters. The van der Waals surface area contributed by atoms with Gasteiger partial charge in [0.05, 0.1) is 0 Å². The molecule has 1 aromatic rings. The molecule has 1 amide bonds. The molecular formula is C18H28N2O2. The minimum Gasteiger partial charge on any atom is -0.481 e. The second-order valence-corrected chi connectivity index (χ2v) is 6.55. The summed E-state index contributed by atoms with van der Waals surface area (Å²) in [5, 5.41) is 3.12. The Hall–Kier alpha value is -1.55. The lowest BCUT2D eigenvalue weighted by Gasteiger charge is -2.30. The van der Waals surface area contributed by atoms with E-state index in [1.54, 1.807) is 0 Å². The molecule has 1 aliphatic heterocycles. The molecule has 0 bridgehead atoms. The number of amides is 1. The van der Waals surface area contributed by atoms with Crippen LogP contribution in [-0.4, -0.2) is 43.1 Å². The Labute approximate surface area is 133 Å². The van der Waals surface area contributed by atoms with Gasteiger partial charge in [-0.05, 0) is 83.4 Å². The van der Waals surface area contributed by atoms with Crippen molar-refractivity contribution in [2.45, 2.75) is 52.7 Å². The number of aryl methyl sites for hydroxylation is 2. The zero-order valence-corrected chi connectivity index (χ0v) is 14.4. The molecule has 1 heterocycles. The lowest BCUT2D eigenvalue weighted by Crippen LogP contribution is -2.47. The number of ether oxygens (including phenoxy) is 1. The van der Waals surface area contributed by atoms with Crippen molar-refractivity contribution in [2.24, 2.45) is 0 Å². The molecule has 1 N–H and O–H groups in total. The van der Waals surface area contributed by atoms with Gasteiger partial charge in [0.25, 0.3) is 5.91 Å². The minimum atomic E-state index is -0.473. The van der Waals surface area contributed by atoms with E-state index in [-0.39, 0.29) is 11.9 Å². The smallest absolute Gasteiger partial charge is 0.260 e. The molecular weight excluding hydrogens is 276 g/mol. The van der Waals surface area contributed by atoms with Crippen molar-refractivity contribution in [3.63, 3.8) is 0 Å². The summed E-state index contributed by atoms with van der Waals surface area (Å²) < 4.78 is 5.91. The lowest BCUT2D eigenvalue weighted by atomic mass is 10.0. The third-order valence-electron chi connectivity index (χ3n) is 4.50. The van der Waals surface area contributed by atoms with Crippen molar-refractivity contribution in [3.05, 3.63) is 28.8 Å². The zero-order valence-electron chi connectivity index (χ0n) is 14.4. The van der Waals surface area contributed by atoms with E-state index in [0.717, 1.165) is 42.8 Å². The highest BCUT2D eigenvalue weighted by molar-refractivity contribution is 5.81. The number of nitrogens with zero attached hydrogens (tertiary/aromatic N) is 1. The van der Waals surface area contributed by atoms with Gasteiger partial charge in [-0.3, -0.25) is 4.79 Å². The fourth-order valence-electron chi connectivity index (χ4n) is 2.84. The van der Waals surface area contributed by atoms with Crippen molar-refractivity contribution >= 4 is 5.91 Å². The highest BCUT2D eigenvalue weighted by Gasteiger charge is 2.22. The molecule has 1 aliphatic rings. The van der Waals surface area contributed by atoms with E-state index in [1.165, 1.54) is 5.56 Å². The molecule has 22 heavy (non-hydrogen) atoms. The molecule has 0 aliphatic carbocycles. The molecule has 1 fully saturated rings. The Morgan fingerprint density at radius 2 is 1.91 bits per heavy atom. The molecule has 4 heteroatoms. The number of carbonyl (C=O) groups excluding carboxylic acids is 1. The first-order valence-corrected chi connectivity index (χ1v) is 8.10. The van der Waals surface area contributed by atoms with E-state index in [1.807, 2.05) is 26.8 Å². The summed E-state index contributed by atoms with van der Waals surface area (Å²) >= 11 is 0. The van der Waals surface area contributed by atoms with E-state index < -0.39 is 6.10 Å². The van der Waals surface area contributed by atoms with Crippen molar-refractivity contribution in [1.29, 1.82) is 0 Å². The summed E-state index contributed by atoms with van der Waals surface area (Å²) in [5.41, 5.74) is 3.45. The molecule has 2 rings (SSSR count). The van der Waals surface area contributed by atoms with Crippen LogP contribution in [0.5, 0.6) is 5.75 Å². The number of carbonyl (C=O) groups is 1. The fraction of sp³-hybridized carbons (Fsp3) is 0.611. The topological polar surface area (TPSA) is 41.6 Å². The average molecular weight is 304 g/mol. The van der Waals surface area contributed by atoms with Gasteiger partial charge in [-0.2, -0.15) is 0 Å². The van der Waals surface area contributed by atoms with Gasteiger partial charge in [-0.25, -0.2) is 0 Å². The second kappa shape index (κ2) is 7.14. The molecule has 1 saturated heterocycles. The predicted molar refractivity (Wildman–Crippen MR) is 89.4 cm³/mol. The number of hydrogen-bond donors (Lipinski definition) is 1. The molecule has 122 valence electrons. The number of benzene rings is 1. The summed E-state index contributed by atoms with van der Waals surface area (Å²) in [5.74, 6) is 0.789. The van der Waals surface area contributed by atoms with Gasteiger partial charge in [-0.1, -0.05) is 6.07 Å². The van der Waals surface area contributed by atoms with Crippen LogP contribution in [0.4, 0.5) is 0 Å². The standard InChI is InChI=1S/C18H28N2O2/c1-12-10-13(2)14(3)17(11-12)22-15(4)18(21)19-16-6-8-20(5)9-7-16/h10-11,15-16H,6-9H2,1-5H3,(H,19,21)/t15-/m0/s1. The molecule has 4 nitrogen and oxygen atoms in total. The first-order valence-electron chi connectivity index (χ1n) is 8.10. The van der Waals surface area contributed by atoms with Crippen LogP contribution in [0.3, 0.4) is 0 Å². The number of rotatable bonds is 4. The van der Waals surface area contributed by atoms with E-state index in [4.69, 9.17) is 4.74 Å². The maximum atomic E-state index is 12.3. The third kappa shape index (κ3) is 4.23. The van der Waals surface area contributed by atoms with Crippen LogP contribution < -0.4 is 10.1 Å². The summed E-state index contributed by atoms with van der Waals surface area (Å²) in [6, 6.07) is 4.41. The van der Waals surface area contributed by atoms with Gasteiger partial charge in [-0.15, -0.1) is 0 Å². The van der Waals surface area contributed by atoms with Gasteiger partial charge in [0.2, 0.25) is 0 Å². The Kier molecular flexibility index (Phi) is 5.46. The molecule has 0 radical (unpaired) electrons. The predicted octanol–water partition coefficient (Wildman–Crippen LogP) is 2.59. The van der Waals surface area contributed by atoms with Gasteiger partial charge < -0.3 is 15.0 Å². The maximum absolute atomic E-state index is 12.3. The quantitative estimate of drug-likeness (QED) is 0.929. The summed E-state index contributed by atoms with van der Waals surface area (Å²) in [4.78, 5) is 14.6. The van der Waals surface area contributed by atoms with Crippen molar-refractivity contribution in [2.75, 3.05) is 20.1 Å². The Morgan fingerprint density at radius 1 is 1.27 bits per heavy atom. The first-order chi connectivity index (χ1) is 10.4. The Balaban J connectivity index is 1.94. The van der Waals surface area contributed by atoms with Crippen LogP contribution >= 0.6 is 0 Å². The van der Waals surface area contributed by atoms with Crippen molar-refractivity contribution in [1.82, 2.24) is 10.2 Å². The van der Waals surface area contributed by atoms with Gasteiger partial charge >= 0.3 is 0 Å². The minimum absolute atomic E-state index is 0.0203. The second-order valence-electron chi connectivity index (χ2n) is 6.55. The summed E-state index contributed by atoms with van der Waals surface area (Å²) in [7, 11) is 2.12. The van der Waals surface area contributed by atoms with Crippen LogP contribution in [0.1, 0.15) is 36.5 Å². The lowest BCUT2D eigenvalue weighted by molar-refractivity contribution is -0.128. The van der Waals surface area contributed by atoms with Crippen LogP contribution in [0.15, 0.2) is 12.1 Å². The largest absolute Gasteiger partial charge is 0.481 e. The summed E-state index contributed by atoms with van der Waals surface area (Å²) in [6.07, 6.45) is 1.55. The fourth-order valence-corrected chi connectivity index (χ4v) is 2.84. The van der Waals surface area contributed by atoms with E-state index >= 15 is 0 Å².